The third kappa shape index (κ3) is 5.21. The second-order valence-corrected chi connectivity index (χ2v) is 7.91. The number of amides is 2. The van der Waals surface area contributed by atoms with Crippen LogP contribution in [0.25, 0.3) is 0 Å². The topological polar surface area (TPSA) is 67.4 Å². The van der Waals surface area contributed by atoms with Gasteiger partial charge < -0.3 is 15.4 Å². The number of benzene rings is 1. The zero-order valence-electron chi connectivity index (χ0n) is 15.7. The molecule has 1 aromatic carbocycles. The van der Waals surface area contributed by atoms with E-state index in [1.807, 2.05) is 58.0 Å². The minimum absolute atomic E-state index is 0.0598. The lowest BCUT2D eigenvalue weighted by atomic mass is 9.73. The Hall–Kier alpha value is -2.04. The van der Waals surface area contributed by atoms with Crippen LogP contribution in [-0.4, -0.2) is 23.1 Å². The van der Waals surface area contributed by atoms with Crippen LogP contribution in [-0.2, 0) is 16.1 Å². The summed E-state index contributed by atoms with van der Waals surface area (Å²) < 4.78 is 5.40. The van der Waals surface area contributed by atoms with Gasteiger partial charge in [0.2, 0.25) is 5.91 Å². The van der Waals surface area contributed by atoms with Gasteiger partial charge in [0.1, 0.15) is 11.1 Å². The summed E-state index contributed by atoms with van der Waals surface area (Å²) in [6.07, 6.45) is 3.00. The van der Waals surface area contributed by atoms with Gasteiger partial charge in [0.05, 0.1) is 0 Å². The highest BCUT2D eigenvalue weighted by molar-refractivity contribution is 5.90. The van der Waals surface area contributed by atoms with E-state index in [-0.39, 0.29) is 11.8 Å². The van der Waals surface area contributed by atoms with E-state index in [1.165, 1.54) is 0 Å². The first-order valence-electron chi connectivity index (χ1n) is 9.06. The van der Waals surface area contributed by atoms with Gasteiger partial charge in [0.15, 0.2) is 0 Å². The largest absolute Gasteiger partial charge is 0.444 e. The number of rotatable bonds is 4. The second kappa shape index (κ2) is 7.89. The Bertz CT molecular complexity index is 595. The molecular formula is C20H30N2O3. The number of hydrogen-bond donors (Lipinski definition) is 2. The van der Waals surface area contributed by atoms with Gasteiger partial charge in [-0.05, 0) is 45.1 Å². The fourth-order valence-electron chi connectivity index (χ4n) is 3.35. The molecule has 1 aliphatic rings. The molecule has 5 heteroatoms. The van der Waals surface area contributed by atoms with Crippen LogP contribution in [0.4, 0.5) is 4.79 Å². The zero-order valence-corrected chi connectivity index (χ0v) is 15.7. The quantitative estimate of drug-likeness (QED) is 0.872. The summed E-state index contributed by atoms with van der Waals surface area (Å²) in [4.78, 5) is 25.4. The van der Waals surface area contributed by atoms with Crippen LogP contribution in [0.5, 0.6) is 0 Å². The zero-order chi connectivity index (χ0) is 18.5. The standard InChI is InChI=1S/C20H30N2O3/c1-15-10-8-9-13-20(15,22-18(24)25-19(2,3)4)17(23)21-14-16-11-6-5-7-12-16/h5-7,11-12,15H,8-10,13-14H2,1-4H3,(H,21,23)(H,22,24)/t15-,20+/m1/s1. The van der Waals surface area contributed by atoms with Crippen LogP contribution < -0.4 is 10.6 Å². The minimum Gasteiger partial charge on any atom is -0.444 e. The summed E-state index contributed by atoms with van der Waals surface area (Å²) in [5.41, 5.74) is -0.467. The second-order valence-electron chi connectivity index (χ2n) is 7.91. The smallest absolute Gasteiger partial charge is 0.408 e. The predicted molar refractivity (Wildman–Crippen MR) is 98.0 cm³/mol. The van der Waals surface area contributed by atoms with Crippen molar-refractivity contribution < 1.29 is 14.3 Å². The Balaban J connectivity index is 2.11. The molecule has 5 nitrogen and oxygen atoms in total. The molecule has 0 saturated heterocycles. The maximum absolute atomic E-state index is 13.0. The molecule has 1 fully saturated rings. The summed E-state index contributed by atoms with van der Waals surface area (Å²) in [5, 5.41) is 5.90. The fraction of sp³-hybridized carbons (Fsp3) is 0.600. The Morgan fingerprint density at radius 3 is 2.48 bits per heavy atom. The van der Waals surface area contributed by atoms with Crippen molar-refractivity contribution in [3.63, 3.8) is 0 Å². The summed E-state index contributed by atoms with van der Waals surface area (Å²) in [6, 6.07) is 9.77. The molecule has 1 aromatic rings. The van der Waals surface area contributed by atoms with Gasteiger partial charge in [-0.2, -0.15) is 0 Å². The molecule has 2 rings (SSSR count). The molecule has 0 radical (unpaired) electrons. The van der Waals surface area contributed by atoms with E-state index in [0.717, 1.165) is 24.8 Å². The van der Waals surface area contributed by atoms with Crippen molar-refractivity contribution in [1.82, 2.24) is 10.6 Å². The van der Waals surface area contributed by atoms with Crippen molar-refractivity contribution in [1.29, 1.82) is 0 Å². The number of ether oxygens (including phenoxy) is 1. The average molecular weight is 346 g/mol. The summed E-state index contributed by atoms with van der Waals surface area (Å²) >= 11 is 0. The van der Waals surface area contributed by atoms with Crippen molar-refractivity contribution in [2.75, 3.05) is 0 Å². The van der Waals surface area contributed by atoms with Crippen LogP contribution in [0, 0.1) is 5.92 Å². The van der Waals surface area contributed by atoms with Gasteiger partial charge in [0, 0.05) is 6.54 Å². The van der Waals surface area contributed by atoms with Gasteiger partial charge in [-0.3, -0.25) is 4.79 Å². The Labute approximate surface area is 150 Å². The van der Waals surface area contributed by atoms with Crippen molar-refractivity contribution in [2.24, 2.45) is 5.92 Å². The molecular weight excluding hydrogens is 316 g/mol. The van der Waals surface area contributed by atoms with E-state index >= 15 is 0 Å². The lowest BCUT2D eigenvalue weighted by Crippen LogP contribution is -2.63. The average Bonchev–Trinajstić information content (AvgIpc) is 2.54. The fourth-order valence-corrected chi connectivity index (χ4v) is 3.35. The van der Waals surface area contributed by atoms with Crippen LogP contribution >= 0.6 is 0 Å². The Morgan fingerprint density at radius 1 is 1.20 bits per heavy atom. The minimum atomic E-state index is -0.907. The number of carbonyl (C=O) groups is 2. The lowest BCUT2D eigenvalue weighted by molar-refractivity contribution is -0.131. The monoisotopic (exact) mass is 346 g/mol. The van der Waals surface area contributed by atoms with Crippen LogP contribution in [0.2, 0.25) is 0 Å². The van der Waals surface area contributed by atoms with Gasteiger partial charge in [-0.15, -0.1) is 0 Å². The van der Waals surface area contributed by atoms with E-state index in [0.29, 0.717) is 13.0 Å². The van der Waals surface area contributed by atoms with E-state index in [1.54, 1.807) is 0 Å². The first-order valence-corrected chi connectivity index (χ1v) is 9.06. The third-order valence-electron chi connectivity index (χ3n) is 4.72. The summed E-state index contributed by atoms with van der Waals surface area (Å²) in [7, 11) is 0. The molecule has 2 atom stereocenters. The van der Waals surface area contributed by atoms with Gasteiger partial charge in [-0.25, -0.2) is 4.79 Å². The third-order valence-corrected chi connectivity index (χ3v) is 4.72. The molecule has 2 amide bonds. The molecule has 2 N–H and O–H groups in total. The molecule has 0 heterocycles. The highest BCUT2D eigenvalue weighted by Gasteiger charge is 2.46. The number of alkyl carbamates (subject to hydrolysis) is 1. The first kappa shape index (κ1) is 19.3. The SMILES string of the molecule is C[C@@H]1CCCC[C@@]1(NC(=O)OC(C)(C)C)C(=O)NCc1ccccc1. The van der Waals surface area contributed by atoms with Crippen molar-refractivity contribution >= 4 is 12.0 Å². The van der Waals surface area contributed by atoms with Gasteiger partial charge in [0.25, 0.3) is 0 Å². The van der Waals surface area contributed by atoms with Crippen molar-refractivity contribution in [2.45, 2.75) is 71.1 Å². The molecule has 138 valence electrons. The molecule has 0 bridgehead atoms. The molecule has 0 aliphatic heterocycles. The van der Waals surface area contributed by atoms with E-state index in [4.69, 9.17) is 4.74 Å². The number of nitrogens with one attached hydrogen (secondary N) is 2. The summed E-state index contributed by atoms with van der Waals surface area (Å²) in [6.45, 7) is 7.93. The summed E-state index contributed by atoms with van der Waals surface area (Å²) in [5.74, 6) is -0.0704. The molecule has 1 saturated carbocycles. The predicted octanol–water partition coefficient (Wildman–Crippen LogP) is 3.78. The molecule has 0 aromatic heterocycles. The van der Waals surface area contributed by atoms with Crippen LogP contribution in [0.15, 0.2) is 30.3 Å². The van der Waals surface area contributed by atoms with E-state index < -0.39 is 17.2 Å². The van der Waals surface area contributed by atoms with Crippen molar-refractivity contribution in [3.05, 3.63) is 35.9 Å². The van der Waals surface area contributed by atoms with Gasteiger partial charge in [-0.1, -0.05) is 50.1 Å². The van der Waals surface area contributed by atoms with E-state index in [9.17, 15) is 9.59 Å². The number of carbonyl (C=O) groups excluding carboxylic acids is 2. The normalized spacial score (nSPS) is 23.6. The maximum atomic E-state index is 13.0. The molecule has 0 unspecified atom stereocenters. The van der Waals surface area contributed by atoms with Crippen LogP contribution in [0.3, 0.4) is 0 Å². The van der Waals surface area contributed by atoms with Gasteiger partial charge >= 0.3 is 6.09 Å². The van der Waals surface area contributed by atoms with Crippen molar-refractivity contribution in [3.8, 4) is 0 Å². The molecule has 25 heavy (non-hydrogen) atoms. The highest BCUT2D eigenvalue weighted by atomic mass is 16.6. The Morgan fingerprint density at radius 2 is 1.88 bits per heavy atom. The number of hydrogen-bond acceptors (Lipinski definition) is 3. The van der Waals surface area contributed by atoms with Crippen LogP contribution in [0.1, 0.15) is 58.9 Å². The maximum Gasteiger partial charge on any atom is 0.408 e. The highest BCUT2D eigenvalue weighted by Crippen LogP contribution is 2.34. The molecule has 1 aliphatic carbocycles. The van der Waals surface area contributed by atoms with E-state index in [2.05, 4.69) is 10.6 Å². The lowest BCUT2D eigenvalue weighted by Gasteiger charge is -2.41. The first-order chi connectivity index (χ1) is 11.7. The molecule has 0 spiro atoms. The Kier molecular flexibility index (Phi) is 6.09.